The van der Waals surface area contributed by atoms with Gasteiger partial charge in [-0.2, -0.15) is 5.10 Å². The molecule has 6 heteroatoms. The summed E-state index contributed by atoms with van der Waals surface area (Å²) in [5, 5.41) is 10.8. The summed E-state index contributed by atoms with van der Waals surface area (Å²) in [5.74, 6) is 0. The first kappa shape index (κ1) is 20.9. The van der Waals surface area contributed by atoms with Crippen LogP contribution in [0.4, 0.5) is 0 Å². The number of aromatic nitrogens is 4. The number of methoxy groups -OCH3 is 1. The van der Waals surface area contributed by atoms with Gasteiger partial charge in [-0.25, -0.2) is 0 Å². The Balaban J connectivity index is 1.54. The minimum Gasteiger partial charge on any atom is -0.380 e. The summed E-state index contributed by atoms with van der Waals surface area (Å²) in [4.78, 5) is 9.22. The number of hydrogen-bond acceptors (Lipinski definition) is 5. The van der Waals surface area contributed by atoms with E-state index in [9.17, 15) is 0 Å². The average molecular weight is 414 g/mol. The van der Waals surface area contributed by atoms with E-state index >= 15 is 0 Å². The van der Waals surface area contributed by atoms with Crippen LogP contribution in [0.25, 0.3) is 33.8 Å². The number of hydrogen-bond donors (Lipinski definition) is 2. The molecule has 2 N–H and O–H groups in total. The van der Waals surface area contributed by atoms with E-state index in [4.69, 9.17) is 4.74 Å². The topological polar surface area (TPSA) is 75.7 Å². The SMILES string of the molecule is COC(C)CNCc1ccc(-c2cc(-c3cn[nH]c3-c3cccc(C)n3)ccn2)cc1. The number of nitrogens with zero attached hydrogens (tertiary/aromatic N) is 3. The summed E-state index contributed by atoms with van der Waals surface area (Å²) in [6.07, 6.45) is 3.88. The first-order chi connectivity index (χ1) is 15.1. The van der Waals surface area contributed by atoms with E-state index in [2.05, 4.69) is 62.7 Å². The van der Waals surface area contributed by atoms with E-state index in [0.29, 0.717) is 0 Å². The zero-order chi connectivity index (χ0) is 21.6. The van der Waals surface area contributed by atoms with Crippen molar-refractivity contribution in [2.24, 2.45) is 0 Å². The van der Waals surface area contributed by atoms with Gasteiger partial charge in [0.05, 0.1) is 29.4 Å². The Kier molecular flexibility index (Phi) is 6.50. The van der Waals surface area contributed by atoms with E-state index in [-0.39, 0.29) is 6.10 Å². The maximum absolute atomic E-state index is 5.27. The van der Waals surface area contributed by atoms with E-state index < -0.39 is 0 Å². The second kappa shape index (κ2) is 9.64. The molecule has 31 heavy (non-hydrogen) atoms. The fourth-order valence-electron chi connectivity index (χ4n) is 3.43. The third kappa shape index (κ3) is 5.05. The van der Waals surface area contributed by atoms with Crippen molar-refractivity contribution < 1.29 is 4.74 Å². The molecule has 158 valence electrons. The number of benzene rings is 1. The number of aryl methyl sites for hydroxylation is 1. The Morgan fingerprint density at radius 2 is 1.87 bits per heavy atom. The van der Waals surface area contributed by atoms with E-state index in [1.165, 1.54) is 5.56 Å². The van der Waals surface area contributed by atoms with Crippen LogP contribution in [0, 0.1) is 6.92 Å². The summed E-state index contributed by atoms with van der Waals surface area (Å²) in [6.45, 7) is 5.67. The highest BCUT2D eigenvalue weighted by Gasteiger charge is 2.12. The summed E-state index contributed by atoms with van der Waals surface area (Å²) >= 11 is 0. The van der Waals surface area contributed by atoms with Crippen molar-refractivity contribution in [1.82, 2.24) is 25.5 Å². The van der Waals surface area contributed by atoms with E-state index in [1.807, 2.05) is 43.6 Å². The molecule has 0 saturated heterocycles. The average Bonchev–Trinajstić information content (AvgIpc) is 3.30. The molecule has 3 aromatic heterocycles. The van der Waals surface area contributed by atoms with Crippen LogP contribution in [-0.2, 0) is 11.3 Å². The lowest BCUT2D eigenvalue weighted by molar-refractivity contribution is 0.117. The van der Waals surface area contributed by atoms with Crippen molar-refractivity contribution in [3.63, 3.8) is 0 Å². The van der Waals surface area contributed by atoms with Crippen LogP contribution in [0.15, 0.2) is 67.0 Å². The van der Waals surface area contributed by atoms with Gasteiger partial charge in [0.2, 0.25) is 0 Å². The van der Waals surface area contributed by atoms with Gasteiger partial charge in [-0.1, -0.05) is 30.3 Å². The van der Waals surface area contributed by atoms with Crippen LogP contribution in [0.5, 0.6) is 0 Å². The summed E-state index contributed by atoms with van der Waals surface area (Å²) < 4.78 is 5.27. The quantitative estimate of drug-likeness (QED) is 0.440. The monoisotopic (exact) mass is 413 g/mol. The van der Waals surface area contributed by atoms with Gasteiger partial charge in [-0.15, -0.1) is 0 Å². The van der Waals surface area contributed by atoms with Crippen molar-refractivity contribution >= 4 is 0 Å². The van der Waals surface area contributed by atoms with Crippen LogP contribution in [-0.4, -0.2) is 39.9 Å². The van der Waals surface area contributed by atoms with Gasteiger partial charge >= 0.3 is 0 Å². The highest BCUT2D eigenvalue weighted by molar-refractivity contribution is 5.80. The molecule has 0 fully saturated rings. The van der Waals surface area contributed by atoms with Crippen LogP contribution in [0.1, 0.15) is 18.2 Å². The van der Waals surface area contributed by atoms with Crippen LogP contribution < -0.4 is 5.32 Å². The largest absolute Gasteiger partial charge is 0.380 e. The molecule has 4 rings (SSSR count). The summed E-state index contributed by atoms with van der Waals surface area (Å²) in [6, 6.07) is 18.6. The highest BCUT2D eigenvalue weighted by atomic mass is 16.5. The summed E-state index contributed by atoms with van der Waals surface area (Å²) in [7, 11) is 1.73. The zero-order valence-electron chi connectivity index (χ0n) is 18.1. The second-order valence-electron chi connectivity index (χ2n) is 7.63. The van der Waals surface area contributed by atoms with Crippen molar-refractivity contribution in [2.45, 2.75) is 26.5 Å². The van der Waals surface area contributed by atoms with Gasteiger partial charge in [0, 0.05) is 43.2 Å². The first-order valence-corrected chi connectivity index (χ1v) is 10.4. The Bertz CT molecular complexity index is 1140. The molecule has 1 atom stereocenters. The molecule has 0 aliphatic rings. The molecule has 0 bridgehead atoms. The number of nitrogens with one attached hydrogen (secondary N) is 2. The minimum absolute atomic E-state index is 0.203. The first-order valence-electron chi connectivity index (χ1n) is 10.4. The predicted molar refractivity (Wildman–Crippen MR) is 123 cm³/mol. The van der Waals surface area contributed by atoms with Crippen LogP contribution in [0.3, 0.4) is 0 Å². The van der Waals surface area contributed by atoms with Crippen molar-refractivity contribution in [2.75, 3.05) is 13.7 Å². The molecule has 0 spiro atoms. The fourth-order valence-corrected chi connectivity index (χ4v) is 3.43. The highest BCUT2D eigenvalue weighted by Crippen LogP contribution is 2.31. The van der Waals surface area contributed by atoms with Crippen LogP contribution in [0.2, 0.25) is 0 Å². The minimum atomic E-state index is 0.203. The van der Waals surface area contributed by atoms with Crippen molar-refractivity contribution in [3.05, 3.63) is 78.2 Å². The van der Waals surface area contributed by atoms with Gasteiger partial charge < -0.3 is 10.1 Å². The fraction of sp³-hybridized carbons (Fsp3) is 0.240. The maximum atomic E-state index is 5.27. The molecule has 0 aliphatic heterocycles. The Morgan fingerprint density at radius 1 is 1.03 bits per heavy atom. The Labute approximate surface area is 182 Å². The number of pyridine rings is 2. The molecule has 0 amide bonds. The third-order valence-corrected chi connectivity index (χ3v) is 5.27. The van der Waals surface area contributed by atoms with Crippen LogP contribution >= 0.6 is 0 Å². The van der Waals surface area contributed by atoms with Crippen molar-refractivity contribution in [1.29, 1.82) is 0 Å². The standard InChI is InChI=1S/C25H27N5O/c1-17-5-4-6-23(29-17)25-22(16-28-30-25)21-11-12-27-24(13-21)20-9-7-19(8-10-20)15-26-14-18(2)31-3/h4-13,16,18,26H,14-15H2,1-3H3,(H,28,30). The molecule has 0 aliphatic carbocycles. The van der Waals surface area contributed by atoms with Crippen molar-refractivity contribution in [3.8, 4) is 33.8 Å². The molecule has 6 nitrogen and oxygen atoms in total. The molecule has 1 unspecified atom stereocenters. The maximum Gasteiger partial charge on any atom is 0.0912 e. The molecular formula is C25H27N5O. The zero-order valence-corrected chi connectivity index (χ0v) is 18.1. The molecule has 1 aromatic carbocycles. The molecule has 3 heterocycles. The van der Waals surface area contributed by atoms with Gasteiger partial charge in [0.25, 0.3) is 0 Å². The smallest absolute Gasteiger partial charge is 0.0912 e. The van der Waals surface area contributed by atoms with Gasteiger partial charge in [-0.3, -0.25) is 15.1 Å². The lowest BCUT2D eigenvalue weighted by atomic mass is 10.0. The number of aromatic amines is 1. The second-order valence-corrected chi connectivity index (χ2v) is 7.63. The number of rotatable bonds is 8. The molecule has 0 saturated carbocycles. The molecular weight excluding hydrogens is 386 g/mol. The normalized spacial score (nSPS) is 12.1. The Hall–Kier alpha value is -3.35. The third-order valence-electron chi connectivity index (χ3n) is 5.27. The molecule has 4 aromatic rings. The number of ether oxygens (including phenoxy) is 1. The predicted octanol–water partition coefficient (Wildman–Crippen LogP) is 4.63. The van der Waals surface area contributed by atoms with Gasteiger partial charge in [0.15, 0.2) is 0 Å². The van der Waals surface area contributed by atoms with Gasteiger partial charge in [-0.05, 0) is 49.2 Å². The lowest BCUT2D eigenvalue weighted by Gasteiger charge is -2.11. The number of H-pyrrole nitrogens is 1. The van der Waals surface area contributed by atoms with E-state index in [0.717, 1.165) is 52.6 Å². The lowest BCUT2D eigenvalue weighted by Crippen LogP contribution is -2.25. The van der Waals surface area contributed by atoms with E-state index in [1.54, 1.807) is 7.11 Å². The Morgan fingerprint density at radius 3 is 2.65 bits per heavy atom. The summed E-state index contributed by atoms with van der Waals surface area (Å²) in [5.41, 5.74) is 8.05. The van der Waals surface area contributed by atoms with Gasteiger partial charge in [0.1, 0.15) is 0 Å². The molecule has 0 radical (unpaired) electrons.